The number of halogens is 1. The van der Waals surface area contributed by atoms with Crippen LogP contribution < -0.4 is 0 Å². The normalized spacial score (nSPS) is 22.6. The first-order valence-corrected chi connectivity index (χ1v) is 8.46. The molecule has 0 aromatic heterocycles. The van der Waals surface area contributed by atoms with E-state index < -0.39 is 5.97 Å². The Morgan fingerprint density at radius 1 is 1.36 bits per heavy atom. The molecule has 1 aromatic carbocycles. The van der Waals surface area contributed by atoms with E-state index in [1.54, 1.807) is 0 Å². The quantitative estimate of drug-likeness (QED) is 0.895. The second-order valence-electron chi connectivity index (χ2n) is 6.60. The van der Waals surface area contributed by atoms with E-state index in [0.29, 0.717) is 19.5 Å². The van der Waals surface area contributed by atoms with Crippen LogP contribution in [-0.2, 0) is 16.0 Å². The van der Waals surface area contributed by atoms with Gasteiger partial charge in [-0.2, -0.15) is 0 Å². The van der Waals surface area contributed by atoms with Crippen molar-refractivity contribution < 1.29 is 14.7 Å². The molecule has 22 heavy (non-hydrogen) atoms. The van der Waals surface area contributed by atoms with Crippen molar-refractivity contribution >= 4 is 27.8 Å². The maximum Gasteiger partial charge on any atom is 0.307 e. The summed E-state index contributed by atoms with van der Waals surface area (Å²) in [7, 11) is 0. The number of hydrogen-bond acceptors (Lipinski definition) is 2. The maximum atomic E-state index is 12.4. The van der Waals surface area contributed by atoms with Crippen molar-refractivity contribution in [1.29, 1.82) is 0 Å². The third-order valence-corrected chi connectivity index (χ3v) is 6.05. The van der Waals surface area contributed by atoms with Crippen molar-refractivity contribution in [3.8, 4) is 0 Å². The Labute approximate surface area is 138 Å². The van der Waals surface area contributed by atoms with Gasteiger partial charge in [-0.15, -0.1) is 0 Å². The fourth-order valence-electron chi connectivity index (χ4n) is 3.48. The molecule has 0 radical (unpaired) electrons. The minimum atomic E-state index is -0.677. The molecule has 1 aliphatic carbocycles. The molecule has 118 valence electrons. The Balaban J connectivity index is 1.56. The highest BCUT2D eigenvalue weighted by Crippen LogP contribution is 2.59. The Hall–Kier alpha value is -1.36. The van der Waals surface area contributed by atoms with Crippen LogP contribution in [0, 0.1) is 18.3 Å². The molecule has 1 aromatic rings. The SMILES string of the molecule is Cc1ccc(CC(=O)N2CCC3(CC2)CC3C(=O)O)cc1Br. The average molecular weight is 366 g/mol. The first-order valence-electron chi connectivity index (χ1n) is 7.67. The van der Waals surface area contributed by atoms with Gasteiger partial charge in [-0.1, -0.05) is 28.1 Å². The van der Waals surface area contributed by atoms with Crippen molar-refractivity contribution in [3.63, 3.8) is 0 Å². The molecule has 2 aliphatic rings. The van der Waals surface area contributed by atoms with Gasteiger partial charge >= 0.3 is 5.97 Å². The molecule has 1 N–H and O–H groups in total. The molecule has 1 spiro atoms. The number of benzene rings is 1. The summed E-state index contributed by atoms with van der Waals surface area (Å²) in [6.07, 6.45) is 2.85. The molecule has 1 heterocycles. The Morgan fingerprint density at radius 3 is 2.59 bits per heavy atom. The van der Waals surface area contributed by atoms with E-state index in [9.17, 15) is 9.59 Å². The number of carbonyl (C=O) groups excluding carboxylic acids is 1. The van der Waals surface area contributed by atoms with Crippen molar-refractivity contribution in [2.45, 2.75) is 32.6 Å². The van der Waals surface area contributed by atoms with E-state index in [4.69, 9.17) is 5.11 Å². The molecule has 0 bridgehead atoms. The van der Waals surface area contributed by atoms with Gasteiger partial charge in [0.15, 0.2) is 0 Å². The highest BCUT2D eigenvalue weighted by molar-refractivity contribution is 9.10. The Bertz CT molecular complexity index is 620. The lowest BCUT2D eigenvalue weighted by Crippen LogP contribution is -2.40. The predicted molar refractivity (Wildman–Crippen MR) is 86.6 cm³/mol. The fourth-order valence-corrected chi connectivity index (χ4v) is 3.91. The zero-order chi connectivity index (χ0) is 15.9. The Kier molecular flexibility index (Phi) is 4.02. The van der Waals surface area contributed by atoms with Gasteiger partial charge in [-0.05, 0) is 48.8 Å². The summed E-state index contributed by atoms with van der Waals surface area (Å²) >= 11 is 3.49. The fraction of sp³-hybridized carbons (Fsp3) is 0.529. The summed E-state index contributed by atoms with van der Waals surface area (Å²) in [5.41, 5.74) is 2.15. The van der Waals surface area contributed by atoms with E-state index in [1.165, 1.54) is 0 Å². The van der Waals surface area contributed by atoms with Gasteiger partial charge in [-0.3, -0.25) is 9.59 Å². The molecule has 5 heteroatoms. The molecular weight excluding hydrogens is 346 g/mol. The zero-order valence-corrected chi connectivity index (χ0v) is 14.2. The third kappa shape index (κ3) is 2.91. The molecule has 1 aliphatic heterocycles. The van der Waals surface area contributed by atoms with Gasteiger partial charge in [0.1, 0.15) is 0 Å². The lowest BCUT2D eigenvalue weighted by molar-refractivity contribution is -0.139. The monoisotopic (exact) mass is 365 g/mol. The predicted octanol–water partition coefficient (Wildman–Crippen LogP) is 3.01. The van der Waals surface area contributed by atoms with E-state index >= 15 is 0 Å². The zero-order valence-electron chi connectivity index (χ0n) is 12.6. The Morgan fingerprint density at radius 2 is 2.05 bits per heavy atom. The summed E-state index contributed by atoms with van der Waals surface area (Å²) in [4.78, 5) is 25.4. The number of aryl methyl sites for hydroxylation is 1. The summed E-state index contributed by atoms with van der Waals surface area (Å²) < 4.78 is 1.03. The second-order valence-corrected chi connectivity index (χ2v) is 7.45. The topological polar surface area (TPSA) is 57.6 Å². The number of hydrogen-bond donors (Lipinski definition) is 1. The molecule has 4 nitrogen and oxygen atoms in total. The van der Waals surface area contributed by atoms with Gasteiger partial charge < -0.3 is 10.0 Å². The highest BCUT2D eigenvalue weighted by Gasteiger charge is 2.59. The van der Waals surface area contributed by atoms with Gasteiger partial charge in [0, 0.05) is 17.6 Å². The van der Waals surface area contributed by atoms with Crippen molar-refractivity contribution in [2.24, 2.45) is 11.3 Å². The van der Waals surface area contributed by atoms with Crippen LogP contribution in [-0.4, -0.2) is 35.0 Å². The number of carboxylic acids is 1. The van der Waals surface area contributed by atoms with Crippen LogP contribution in [0.3, 0.4) is 0 Å². The van der Waals surface area contributed by atoms with Gasteiger partial charge in [0.25, 0.3) is 0 Å². The first-order chi connectivity index (χ1) is 10.4. The van der Waals surface area contributed by atoms with Crippen LogP contribution >= 0.6 is 15.9 Å². The summed E-state index contributed by atoms with van der Waals surface area (Å²) in [6.45, 7) is 3.40. The number of carboxylic acid groups (broad SMARTS) is 1. The summed E-state index contributed by atoms with van der Waals surface area (Å²) in [5.74, 6) is -0.722. The molecule has 1 unspecified atom stereocenters. The smallest absolute Gasteiger partial charge is 0.307 e. The summed E-state index contributed by atoms with van der Waals surface area (Å²) in [5, 5.41) is 9.10. The van der Waals surface area contributed by atoms with Crippen LogP contribution in [0.1, 0.15) is 30.4 Å². The van der Waals surface area contributed by atoms with Gasteiger partial charge in [0.05, 0.1) is 12.3 Å². The lowest BCUT2D eigenvalue weighted by atomic mass is 9.90. The van der Waals surface area contributed by atoms with Gasteiger partial charge in [-0.25, -0.2) is 0 Å². The number of nitrogens with zero attached hydrogens (tertiary/aromatic N) is 1. The molecule has 1 amide bonds. The molecule has 1 saturated heterocycles. The maximum absolute atomic E-state index is 12.4. The van der Waals surface area contributed by atoms with Crippen LogP contribution in [0.15, 0.2) is 22.7 Å². The second kappa shape index (κ2) is 5.69. The molecule has 1 atom stereocenters. The average Bonchev–Trinajstić information content (AvgIpc) is 3.18. The van der Waals surface area contributed by atoms with Crippen LogP contribution in [0.5, 0.6) is 0 Å². The molecule has 3 rings (SSSR count). The standard InChI is InChI=1S/C17H20BrNO3/c1-11-2-3-12(8-14(11)18)9-15(20)19-6-4-17(5-7-19)10-13(17)16(21)22/h2-3,8,13H,4-7,9-10H2,1H3,(H,21,22). The summed E-state index contributed by atoms with van der Waals surface area (Å²) in [6, 6.07) is 6.00. The van der Waals surface area contributed by atoms with E-state index in [2.05, 4.69) is 15.9 Å². The van der Waals surface area contributed by atoms with Crippen LogP contribution in [0.4, 0.5) is 0 Å². The third-order valence-electron chi connectivity index (χ3n) is 5.19. The van der Waals surface area contributed by atoms with Crippen LogP contribution in [0.25, 0.3) is 0 Å². The minimum Gasteiger partial charge on any atom is -0.481 e. The number of piperidine rings is 1. The minimum absolute atomic E-state index is 0.0184. The largest absolute Gasteiger partial charge is 0.481 e. The van der Waals surface area contributed by atoms with Gasteiger partial charge in [0.2, 0.25) is 5.91 Å². The highest BCUT2D eigenvalue weighted by atomic mass is 79.9. The van der Waals surface area contributed by atoms with E-state index in [-0.39, 0.29) is 17.2 Å². The number of aliphatic carboxylic acids is 1. The molecular formula is C17H20BrNO3. The number of rotatable bonds is 3. The van der Waals surface area contributed by atoms with E-state index in [1.807, 2.05) is 30.0 Å². The van der Waals surface area contributed by atoms with Crippen molar-refractivity contribution in [2.75, 3.05) is 13.1 Å². The van der Waals surface area contributed by atoms with Crippen molar-refractivity contribution in [3.05, 3.63) is 33.8 Å². The number of carbonyl (C=O) groups is 2. The van der Waals surface area contributed by atoms with Crippen molar-refractivity contribution in [1.82, 2.24) is 4.90 Å². The lowest BCUT2D eigenvalue weighted by Gasteiger charge is -2.32. The number of likely N-dealkylation sites (tertiary alicyclic amines) is 1. The molecule has 1 saturated carbocycles. The number of amides is 1. The van der Waals surface area contributed by atoms with E-state index in [0.717, 1.165) is 34.9 Å². The first kappa shape index (κ1) is 15.5. The van der Waals surface area contributed by atoms with Crippen LogP contribution in [0.2, 0.25) is 0 Å². The molecule has 2 fully saturated rings.